The van der Waals surface area contributed by atoms with Crippen molar-refractivity contribution in [1.29, 1.82) is 0 Å². The summed E-state index contributed by atoms with van der Waals surface area (Å²) in [4.78, 5) is 26.0. The van der Waals surface area contributed by atoms with Gasteiger partial charge >= 0.3 is 0 Å². The molecule has 0 bridgehead atoms. The number of para-hydroxylation sites is 1. The summed E-state index contributed by atoms with van der Waals surface area (Å²) < 4.78 is 0. The molecule has 0 fully saturated rings. The van der Waals surface area contributed by atoms with E-state index in [4.69, 9.17) is 12.2 Å². The zero-order chi connectivity index (χ0) is 18.8. The second kappa shape index (κ2) is 7.22. The number of rotatable bonds is 4. The predicted molar refractivity (Wildman–Crippen MR) is 107 cm³/mol. The Morgan fingerprint density at radius 3 is 2.22 bits per heavy atom. The second-order valence-electron chi connectivity index (χ2n) is 5.69. The minimum absolute atomic E-state index is 0.0740. The number of carbonyl (C=O) groups is 2. The van der Waals surface area contributed by atoms with E-state index < -0.39 is 0 Å². The van der Waals surface area contributed by atoms with Gasteiger partial charge in [0.2, 0.25) is 5.13 Å². The number of amides is 2. The number of hydrogen-bond acceptors (Lipinski definition) is 6. The minimum Gasteiger partial charge on any atom is -0.332 e. The Kier molecular flexibility index (Phi) is 4.61. The molecule has 1 aromatic heterocycles. The topological polar surface area (TPSA) is 87.2 Å². The van der Waals surface area contributed by atoms with Gasteiger partial charge in [-0.1, -0.05) is 41.7 Å². The Morgan fingerprint density at radius 1 is 0.926 bits per heavy atom. The molecule has 2 amide bonds. The van der Waals surface area contributed by atoms with E-state index >= 15 is 0 Å². The molecule has 3 aromatic rings. The predicted octanol–water partition coefficient (Wildman–Crippen LogP) is 3.14. The van der Waals surface area contributed by atoms with Crippen molar-refractivity contribution in [3.05, 3.63) is 70.7 Å². The van der Waals surface area contributed by atoms with E-state index in [2.05, 4.69) is 20.8 Å². The van der Waals surface area contributed by atoms with Gasteiger partial charge in [-0.05, 0) is 36.5 Å². The zero-order valence-corrected chi connectivity index (χ0v) is 15.5. The SMILES string of the molecule is O=C1c2ccccc2C(=O)N1Cc1nnc(NC(=S)Nc2ccccc2)s1. The summed E-state index contributed by atoms with van der Waals surface area (Å²) in [5, 5.41) is 15.5. The highest BCUT2D eigenvalue weighted by Crippen LogP contribution is 2.26. The summed E-state index contributed by atoms with van der Waals surface area (Å²) in [7, 11) is 0. The van der Waals surface area contributed by atoms with E-state index in [1.54, 1.807) is 24.3 Å². The molecule has 0 aliphatic carbocycles. The number of aromatic nitrogens is 2. The molecule has 2 N–H and O–H groups in total. The molecule has 1 aliphatic rings. The first-order valence-electron chi connectivity index (χ1n) is 8.02. The van der Waals surface area contributed by atoms with Crippen molar-refractivity contribution in [3.8, 4) is 0 Å². The van der Waals surface area contributed by atoms with Crippen molar-refractivity contribution in [2.24, 2.45) is 0 Å². The number of hydrogen-bond donors (Lipinski definition) is 2. The van der Waals surface area contributed by atoms with E-state index in [9.17, 15) is 9.59 Å². The Balaban J connectivity index is 1.41. The first-order valence-corrected chi connectivity index (χ1v) is 9.25. The van der Waals surface area contributed by atoms with Gasteiger partial charge in [0.25, 0.3) is 11.8 Å². The van der Waals surface area contributed by atoms with Crippen molar-refractivity contribution >= 4 is 51.3 Å². The van der Waals surface area contributed by atoms with Gasteiger partial charge in [0.1, 0.15) is 5.01 Å². The van der Waals surface area contributed by atoms with Crippen LogP contribution in [0.2, 0.25) is 0 Å². The third-order valence-corrected chi connectivity index (χ3v) is 4.92. The Morgan fingerprint density at radius 2 is 1.56 bits per heavy atom. The van der Waals surface area contributed by atoms with Crippen LogP contribution in [0.25, 0.3) is 0 Å². The highest BCUT2D eigenvalue weighted by molar-refractivity contribution is 7.80. The molecule has 0 radical (unpaired) electrons. The van der Waals surface area contributed by atoms with Crippen molar-refractivity contribution in [2.45, 2.75) is 6.54 Å². The maximum Gasteiger partial charge on any atom is 0.261 e. The van der Waals surface area contributed by atoms with Crippen molar-refractivity contribution in [1.82, 2.24) is 15.1 Å². The van der Waals surface area contributed by atoms with Gasteiger partial charge in [0, 0.05) is 5.69 Å². The lowest BCUT2D eigenvalue weighted by Crippen LogP contribution is -2.29. The van der Waals surface area contributed by atoms with Crippen LogP contribution in [-0.4, -0.2) is 32.0 Å². The smallest absolute Gasteiger partial charge is 0.261 e. The van der Waals surface area contributed by atoms with Crippen LogP contribution in [0.4, 0.5) is 10.8 Å². The van der Waals surface area contributed by atoms with Crippen molar-refractivity contribution in [3.63, 3.8) is 0 Å². The molecule has 7 nitrogen and oxygen atoms in total. The number of fused-ring (bicyclic) bond motifs is 1. The second-order valence-corrected chi connectivity index (χ2v) is 7.16. The molecule has 0 unspecified atom stereocenters. The summed E-state index contributed by atoms with van der Waals surface area (Å²) in [5.41, 5.74) is 1.68. The fourth-order valence-corrected chi connectivity index (χ4v) is 3.68. The third kappa shape index (κ3) is 3.55. The first kappa shape index (κ1) is 17.3. The molecule has 1 aliphatic heterocycles. The maximum absolute atomic E-state index is 12.4. The Hall–Kier alpha value is -3.17. The van der Waals surface area contributed by atoms with Crippen molar-refractivity contribution < 1.29 is 9.59 Å². The highest BCUT2D eigenvalue weighted by atomic mass is 32.1. The van der Waals surface area contributed by atoms with Gasteiger partial charge in [-0.15, -0.1) is 10.2 Å². The number of thiocarbonyl (C=S) groups is 1. The summed E-state index contributed by atoms with van der Waals surface area (Å²) in [6, 6.07) is 16.3. The van der Waals surface area contributed by atoms with Gasteiger partial charge in [0.15, 0.2) is 5.11 Å². The van der Waals surface area contributed by atoms with E-state index in [-0.39, 0.29) is 18.4 Å². The molecular formula is C18H13N5O2S2. The molecule has 2 aromatic carbocycles. The standard InChI is InChI=1S/C18H13N5O2S2/c24-15-12-8-4-5-9-13(12)16(25)23(15)10-14-21-22-18(27-14)20-17(26)19-11-6-2-1-3-7-11/h1-9H,10H2,(H2,19,20,22,26). The molecule has 2 heterocycles. The zero-order valence-electron chi connectivity index (χ0n) is 13.9. The molecule has 0 saturated heterocycles. The number of nitrogens with zero attached hydrogens (tertiary/aromatic N) is 3. The van der Waals surface area contributed by atoms with E-state index in [0.717, 1.165) is 5.69 Å². The highest BCUT2D eigenvalue weighted by Gasteiger charge is 2.35. The lowest BCUT2D eigenvalue weighted by molar-refractivity contribution is 0.0642. The summed E-state index contributed by atoms with van der Waals surface area (Å²) in [5.74, 6) is -0.636. The summed E-state index contributed by atoms with van der Waals surface area (Å²) >= 11 is 6.49. The fraction of sp³-hybridized carbons (Fsp3) is 0.0556. The van der Waals surface area contributed by atoms with Gasteiger partial charge in [0.05, 0.1) is 17.7 Å². The molecule has 0 spiro atoms. The number of nitrogens with one attached hydrogen (secondary N) is 2. The molecule has 0 saturated carbocycles. The lowest BCUT2D eigenvalue weighted by atomic mass is 10.1. The normalized spacial score (nSPS) is 12.8. The third-order valence-electron chi connectivity index (χ3n) is 3.89. The first-order chi connectivity index (χ1) is 13.1. The lowest BCUT2D eigenvalue weighted by Gasteiger charge is -2.10. The number of carbonyl (C=O) groups excluding carboxylic acids is 2. The van der Waals surface area contributed by atoms with E-state index in [0.29, 0.717) is 26.4 Å². The van der Waals surface area contributed by atoms with Crippen LogP contribution in [0.15, 0.2) is 54.6 Å². The fourth-order valence-electron chi connectivity index (χ4n) is 2.67. The van der Waals surface area contributed by atoms with Gasteiger partial charge < -0.3 is 10.6 Å². The van der Waals surface area contributed by atoms with Gasteiger partial charge in [-0.2, -0.15) is 0 Å². The molecule has 4 rings (SSSR count). The van der Waals surface area contributed by atoms with Crippen LogP contribution >= 0.6 is 23.6 Å². The Bertz CT molecular complexity index is 1000. The number of anilines is 2. The maximum atomic E-state index is 12.4. The van der Waals surface area contributed by atoms with Crippen molar-refractivity contribution in [2.75, 3.05) is 10.6 Å². The van der Waals surface area contributed by atoms with Crippen LogP contribution in [-0.2, 0) is 6.54 Å². The summed E-state index contributed by atoms with van der Waals surface area (Å²) in [6.45, 7) is 0.0740. The van der Waals surface area contributed by atoms with Crippen LogP contribution in [0.5, 0.6) is 0 Å². The minimum atomic E-state index is -0.318. The van der Waals surface area contributed by atoms with Crippen LogP contribution in [0, 0.1) is 0 Å². The average Bonchev–Trinajstić information content (AvgIpc) is 3.21. The largest absolute Gasteiger partial charge is 0.332 e. The Labute approximate surface area is 164 Å². The van der Waals surface area contributed by atoms with E-state index in [1.165, 1.54) is 16.2 Å². The average molecular weight is 395 g/mol. The van der Waals surface area contributed by atoms with Crippen LogP contribution in [0.1, 0.15) is 25.7 Å². The molecular weight excluding hydrogens is 382 g/mol. The number of imide groups is 1. The molecule has 134 valence electrons. The quantitative estimate of drug-likeness (QED) is 0.518. The van der Waals surface area contributed by atoms with Gasteiger partial charge in [-0.3, -0.25) is 14.5 Å². The van der Waals surface area contributed by atoms with Crippen LogP contribution in [0.3, 0.4) is 0 Å². The van der Waals surface area contributed by atoms with Crippen LogP contribution < -0.4 is 10.6 Å². The molecule has 9 heteroatoms. The number of benzene rings is 2. The molecule has 0 atom stereocenters. The van der Waals surface area contributed by atoms with Gasteiger partial charge in [-0.25, -0.2) is 0 Å². The molecule has 27 heavy (non-hydrogen) atoms. The summed E-state index contributed by atoms with van der Waals surface area (Å²) in [6.07, 6.45) is 0. The monoisotopic (exact) mass is 395 g/mol. The van der Waals surface area contributed by atoms with E-state index in [1.807, 2.05) is 30.3 Å².